The van der Waals surface area contributed by atoms with Gasteiger partial charge in [0.2, 0.25) is 0 Å². The summed E-state index contributed by atoms with van der Waals surface area (Å²) in [6.07, 6.45) is -2.66. The maximum Gasteiger partial charge on any atom is 0.270 e. The largest absolute Gasteiger partial charge is 0.327 e. The number of pyridine rings is 1. The van der Waals surface area contributed by atoms with E-state index in [4.69, 9.17) is 15.9 Å². The van der Waals surface area contributed by atoms with Gasteiger partial charge in [-0.2, -0.15) is 5.26 Å². The third-order valence-corrected chi connectivity index (χ3v) is 3.03. The zero-order valence-corrected chi connectivity index (χ0v) is 8.94. The Labute approximate surface area is 92.7 Å². The summed E-state index contributed by atoms with van der Waals surface area (Å²) in [5.41, 5.74) is -3.37. The summed E-state index contributed by atoms with van der Waals surface area (Å²) in [4.78, 5) is 11.9. The van der Waals surface area contributed by atoms with E-state index in [1.54, 1.807) is 4.98 Å². The molecule has 1 rings (SSSR count). The van der Waals surface area contributed by atoms with Crippen LogP contribution in [0.3, 0.4) is 0 Å². The summed E-state index contributed by atoms with van der Waals surface area (Å²) in [7, 11) is 0.554. The predicted molar refractivity (Wildman–Crippen MR) is 49.8 cm³/mol. The molecule has 1 N–H and O–H groups in total. The Hall–Kier alpha value is -1.46. The molecule has 0 aliphatic heterocycles. The maximum atomic E-state index is 12.4. The van der Waals surface area contributed by atoms with E-state index in [1.807, 2.05) is 0 Å². The summed E-state index contributed by atoms with van der Waals surface area (Å²) in [5.74, 6) is 0. The molecule has 0 spiro atoms. The van der Waals surface area contributed by atoms with Crippen LogP contribution in [0, 0.1) is 11.3 Å². The standard InChI is InChI=1S/C7H3ClF2N2O3S/c8-16(14,15)4-2-12-7(13)5(6(9)10)3(4)1-11/h2,6H,(H,12,13). The van der Waals surface area contributed by atoms with Crippen molar-refractivity contribution in [3.63, 3.8) is 0 Å². The number of rotatable bonds is 2. The van der Waals surface area contributed by atoms with Crippen LogP contribution in [-0.2, 0) is 9.05 Å². The van der Waals surface area contributed by atoms with Crippen molar-refractivity contribution in [2.75, 3.05) is 0 Å². The molecule has 0 saturated carbocycles. The summed E-state index contributed by atoms with van der Waals surface area (Å²) >= 11 is 0. The number of hydrogen-bond donors (Lipinski definition) is 1. The molecule has 0 amide bonds. The Morgan fingerprint density at radius 3 is 2.44 bits per heavy atom. The molecule has 0 aliphatic rings. The highest BCUT2D eigenvalue weighted by Gasteiger charge is 2.25. The fraction of sp³-hybridized carbons (Fsp3) is 0.143. The Kier molecular flexibility index (Phi) is 3.30. The lowest BCUT2D eigenvalue weighted by atomic mass is 10.1. The second-order valence-corrected chi connectivity index (χ2v) is 5.16. The topological polar surface area (TPSA) is 90.8 Å². The molecule has 0 saturated heterocycles. The van der Waals surface area contributed by atoms with E-state index in [0.29, 0.717) is 6.20 Å². The van der Waals surface area contributed by atoms with Gasteiger partial charge in [0.05, 0.1) is 5.56 Å². The lowest BCUT2D eigenvalue weighted by Gasteiger charge is -2.04. The van der Waals surface area contributed by atoms with Gasteiger partial charge in [0, 0.05) is 16.9 Å². The molecule has 0 aliphatic carbocycles. The molecule has 1 aromatic heterocycles. The van der Waals surface area contributed by atoms with Crippen LogP contribution in [0.25, 0.3) is 0 Å². The highest BCUT2D eigenvalue weighted by molar-refractivity contribution is 8.13. The van der Waals surface area contributed by atoms with Crippen molar-refractivity contribution in [2.24, 2.45) is 0 Å². The molecule has 0 fully saturated rings. The molecular weight excluding hydrogens is 266 g/mol. The first kappa shape index (κ1) is 12.6. The summed E-state index contributed by atoms with van der Waals surface area (Å²) in [6.45, 7) is 0. The quantitative estimate of drug-likeness (QED) is 0.814. The summed E-state index contributed by atoms with van der Waals surface area (Å²) in [6, 6.07) is 1.23. The van der Waals surface area contributed by atoms with Crippen molar-refractivity contribution < 1.29 is 17.2 Å². The van der Waals surface area contributed by atoms with Gasteiger partial charge < -0.3 is 4.98 Å². The highest BCUT2D eigenvalue weighted by Crippen LogP contribution is 2.25. The molecule has 0 aromatic carbocycles. The number of halogens is 3. The van der Waals surface area contributed by atoms with Gasteiger partial charge >= 0.3 is 0 Å². The Morgan fingerprint density at radius 1 is 1.50 bits per heavy atom. The first-order chi connectivity index (χ1) is 7.29. The summed E-state index contributed by atoms with van der Waals surface area (Å²) < 4.78 is 46.8. The number of aromatic nitrogens is 1. The monoisotopic (exact) mass is 268 g/mol. The molecule has 86 valence electrons. The van der Waals surface area contributed by atoms with Crippen molar-refractivity contribution in [3.8, 4) is 6.07 Å². The molecular formula is C7H3ClF2N2O3S. The maximum absolute atomic E-state index is 12.4. The number of hydrogen-bond acceptors (Lipinski definition) is 4. The zero-order valence-electron chi connectivity index (χ0n) is 7.37. The fourth-order valence-corrected chi connectivity index (χ4v) is 2.01. The van der Waals surface area contributed by atoms with Crippen molar-refractivity contribution >= 4 is 19.7 Å². The normalized spacial score (nSPS) is 11.4. The van der Waals surface area contributed by atoms with Crippen molar-refractivity contribution in [3.05, 3.63) is 27.7 Å². The van der Waals surface area contributed by atoms with Crippen molar-refractivity contribution in [1.82, 2.24) is 4.98 Å². The van der Waals surface area contributed by atoms with Crippen molar-refractivity contribution in [2.45, 2.75) is 11.3 Å². The van der Waals surface area contributed by atoms with Gasteiger partial charge in [0.15, 0.2) is 0 Å². The second kappa shape index (κ2) is 4.19. The Morgan fingerprint density at radius 2 is 2.06 bits per heavy atom. The third-order valence-electron chi connectivity index (χ3n) is 1.69. The van der Waals surface area contributed by atoms with Crippen LogP contribution in [-0.4, -0.2) is 13.4 Å². The first-order valence-electron chi connectivity index (χ1n) is 3.67. The van der Waals surface area contributed by atoms with Gasteiger partial charge in [-0.05, 0) is 0 Å². The zero-order chi connectivity index (χ0) is 12.5. The van der Waals surface area contributed by atoms with E-state index < -0.39 is 37.1 Å². The first-order valence-corrected chi connectivity index (χ1v) is 5.98. The van der Waals surface area contributed by atoms with Gasteiger partial charge in [-0.3, -0.25) is 4.79 Å². The van der Waals surface area contributed by atoms with Gasteiger partial charge in [-0.25, -0.2) is 17.2 Å². The minimum absolute atomic E-state index is 0.606. The van der Waals surface area contributed by atoms with Crippen LogP contribution >= 0.6 is 10.7 Å². The minimum Gasteiger partial charge on any atom is -0.327 e. The van der Waals surface area contributed by atoms with Crippen LogP contribution in [0.2, 0.25) is 0 Å². The number of nitrogens with zero attached hydrogens (tertiary/aromatic N) is 1. The minimum atomic E-state index is -4.37. The van der Waals surface area contributed by atoms with Gasteiger partial charge in [-0.15, -0.1) is 0 Å². The van der Waals surface area contributed by atoms with E-state index in [0.717, 1.165) is 0 Å². The van der Waals surface area contributed by atoms with Crippen LogP contribution in [0.4, 0.5) is 8.78 Å². The van der Waals surface area contributed by atoms with Crippen LogP contribution < -0.4 is 5.56 Å². The number of aromatic amines is 1. The molecule has 16 heavy (non-hydrogen) atoms. The molecule has 0 radical (unpaired) electrons. The molecule has 0 bridgehead atoms. The fourth-order valence-electron chi connectivity index (χ4n) is 1.04. The lowest BCUT2D eigenvalue weighted by molar-refractivity contribution is 0.149. The second-order valence-electron chi connectivity index (χ2n) is 2.62. The molecule has 0 unspecified atom stereocenters. The molecule has 5 nitrogen and oxygen atoms in total. The van der Waals surface area contributed by atoms with Crippen LogP contribution in [0.1, 0.15) is 17.6 Å². The average molecular weight is 269 g/mol. The van der Waals surface area contributed by atoms with E-state index in [-0.39, 0.29) is 0 Å². The molecule has 0 atom stereocenters. The molecule has 9 heteroatoms. The lowest BCUT2D eigenvalue weighted by Crippen LogP contribution is -2.17. The van der Waals surface area contributed by atoms with E-state index in [1.165, 1.54) is 6.07 Å². The number of nitriles is 1. The van der Waals surface area contributed by atoms with Gasteiger partial charge in [-0.1, -0.05) is 0 Å². The van der Waals surface area contributed by atoms with Crippen LogP contribution in [0.5, 0.6) is 0 Å². The van der Waals surface area contributed by atoms with E-state index in [9.17, 15) is 22.0 Å². The SMILES string of the molecule is N#Cc1c(S(=O)(=O)Cl)c[nH]c(=O)c1C(F)F. The highest BCUT2D eigenvalue weighted by atomic mass is 35.7. The van der Waals surface area contributed by atoms with Gasteiger partial charge in [0.1, 0.15) is 16.5 Å². The van der Waals surface area contributed by atoms with E-state index in [2.05, 4.69) is 0 Å². The predicted octanol–water partition coefficient (Wildman–Crippen LogP) is 1.11. The van der Waals surface area contributed by atoms with Crippen molar-refractivity contribution in [1.29, 1.82) is 5.26 Å². The van der Waals surface area contributed by atoms with Crippen LogP contribution in [0.15, 0.2) is 15.9 Å². The smallest absolute Gasteiger partial charge is 0.270 e. The Balaban J connectivity index is 3.79. The summed E-state index contributed by atoms with van der Waals surface area (Å²) in [5, 5.41) is 8.58. The molecule has 1 heterocycles. The molecule has 1 aromatic rings. The number of H-pyrrole nitrogens is 1. The third kappa shape index (κ3) is 2.20. The Bertz CT molecular complexity index is 617. The average Bonchev–Trinajstić information content (AvgIpc) is 2.14. The van der Waals surface area contributed by atoms with E-state index >= 15 is 0 Å². The number of nitrogens with one attached hydrogen (secondary N) is 1. The number of alkyl halides is 2. The van der Waals surface area contributed by atoms with Gasteiger partial charge in [0.25, 0.3) is 21.0 Å².